The third-order valence-corrected chi connectivity index (χ3v) is 4.30. The number of hydrogen-bond donors (Lipinski definition) is 3. The second kappa shape index (κ2) is 10.0. The molecule has 0 bridgehead atoms. The second-order valence-corrected chi connectivity index (χ2v) is 8.31. The van der Waals surface area contributed by atoms with Crippen molar-refractivity contribution in [1.82, 2.24) is 4.90 Å². The maximum absolute atomic E-state index is 12.0. The number of rotatable bonds is 7. The van der Waals surface area contributed by atoms with Gasteiger partial charge in [-0.3, -0.25) is 10.1 Å². The van der Waals surface area contributed by atoms with Gasteiger partial charge in [0.05, 0.1) is 24.8 Å². The highest BCUT2D eigenvalue weighted by molar-refractivity contribution is 6.00. The van der Waals surface area contributed by atoms with Crippen LogP contribution in [0.15, 0.2) is 36.4 Å². The number of benzene rings is 2. The Labute approximate surface area is 187 Å². The van der Waals surface area contributed by atoms with Gasteiger partial charge in [-0.1, -0.05) is 6.07 Å². The van der Waals surface area contributed by atoms with Gasteiger partial charge in [-0.15, -0.1) is 0 Å². The lowest BCUT2D eigenvalue weighted by atomic mass is 10.1. The third-order valence-electron chi connectivity index (χ3n) is 4.30. The normalized spacial score (nSPS) is 10.8. The summed E-state index contributed by atoms with van der Waals surface area (Å²) in [6.07, 6.45) is -0.543. The van der Waals surface area contributed by atoms with Gasteiger partial charge in [0, 0.05) is 37.1 Å². The molecule has 9 heteroatoms. The van der Waals surface area contributed by atoms with Crippen molar-refractivity contribution in [1.29, 1.82) is 0 Å². The van der Waals surface area contributed by atoms with Crippen LogP contribution in [0.25, 0.3) is 0 Å². The Hall–Kier alpha value is -3.75. The first-order chi connectivity index (χ1) is 14.9. The van der Waals surface area contributed by atoms with Gasteiger partial charge >= 0.3 is 12.1 Å². The van der Waals surface area contributed by atoms with Crippen molar-refractivity contribution in [2.45, 2.75) is 32.8 Å². The molecule has 0 radical (unpaired) electrons. The third kappa shape index (κ3) is 6.90. The van der Waals surface area contributed by atoms with E-state index in [1.54, 1.807) is 59.1 Å². The largest absolute Gasteiger partial charge is 0.496 e. The van der Waals surface area contributed by atoms with Crippen LogP contribution in [0.4, 0.5) is 21.9 Å². The highest BCUT2D eigenvalue weighted by Crippen LogP contribution is 2.28. The number of amides is 2. The van der Waals surface area contributed by atoms with E-state index in [0.29, 0.717) is 17.1 Å². The van der Waals surface area contributed by atoms with Crippen LogP contribution in [0.1, 0.15) is 36.7 Å². The number of carboxylic acids is 1. The van der Waals surface area contributed by atoms with Gasteiger partial charge in [0.2, 0.25) is 5.91 Å². The monoisotopic (exact) mass is 443 g/mol. The zero-order chi connectivity index (χ0) is 24.1. The van der Waals surface area contributed by atoms with Crippen LogP contribution >= 0.6 is 0 Å². The predicted molar refractivity (Wildman–Crippen MR) is 122 cm³/mol. The molecule has 3 N–H and O–H groups in total. The average Bonchev–Trinajstić information content (AvgIpc) is 2.68. The van der Waals surface area contributed by atoms with Gasteiger partial charge in [0.25, 0.3) is 0 Å². The highest BCUT2D eigenvalue weighted by atomic mass is 16.6. The minimum atomic E-state index is -1.20. The molecule has 0 spiro atoms. The standard InChI is InChI=1S/C23H29N3O6/c1-23(2,3)32-22(30)25-18-10-9-15(12-17(18)21(28)29)24-16-8-7-14(19(13-16)31-6)11-20(27)26(4)5/h7-10,12-13,24H,11H2,1-6H3,(H,25,30)(H,28,29). The van der Waals surface area contributed by atoms with E-state index in [2.05, 4.69) is 10.6 Å². The van der Waals surface area contributed by atoms with Crippen LogP contribution < -0.4 is 15.4 Å². The number of likely N-dealkylation sites (N-methyl/N-ethyl adjacent to an activating group) is 1. The smallest absolute Gasteiger partial charge is 0.412 e. The van der Waals surface area contributed by atoms with E-state index in [1.165, 1.54) is 24.1 Å². The number of aromatic carboxylic acids is 1. The van der Waals surface area contributed by atoms with Crippen molar-refractivity contribution < 1.29 is 29.0 Å². The first-order valence-electron chi connectivity index (χ1n) is 9.91. The predicted octanol–water partition coefficient (Wildman–Crippen LogP) is 4.11. The molecule has 2 aromatic rings. The van der Waals surface area contributed by atoms with E-state index < -0.39 is 17.7 Å². The summed E-state index contributed by atoms with van der Waals surface area (Å²) in [5.41, 5.74) is 1.19. The number of anilines is 3. The molecule has 172 valence electrons. The second-order valence-electron chi connectivity index (χ2n) is 8.31. The highest BCUT2D eigenvalue weighted by Gasteiger charge is 2.19. The van der Waals surface area contributed by atoms with Crippen LogP contribution in [0.3, 0.4) is 0 Å². The number of ether oxygens (including phenoxy) is 2. The summed E-state index contributed by atoms with van der Waals surface area (Å²) < 4.78 is 10.6. The van der Waals surface area contributed by atoms with Crippen molar-refractivity contribution in [3.05, 3.63) is 47.5 Å². The molecule has 0 atom stereocenters. The fraction of sp³-hybridized carbons (Fsp3) is 0.348. The molecule has 0 aromatic heterocycles. The molecule has 0 heterocycles. The average molecular weight is 444 g/mol. The maximum atomic E-state index is 12.0. The first kappa shape index (κ1) is 24.5. The minimum absolute atomic E-state index is 0.0526. The number of carbonyl (C=O) groups is 3. The van der Waals surface area contributed by atoms with Crippen molar-refractivity contribution in [2.75, 3.05) is 31.8 Å². The van der Waals surface area contributed by atoms with Crippen molar-refractivity contribution in [2.24, 2.45) is 0 Å². The number of nitrogens with one attached hydrogen (secondary N) is 2. The Balaban J connectivity index is 2.24. The molecule has 0 saturated heterocycles. The molecule has 0 aliphatic heterocycles. The SMILES string of the molecule is COc1cc(Nc2ccc(NC(=O)OC(C)(C)C)c(C(=O)O)c2)ccc1CC(=O)N(C)C. The molecule has 0 aliphatic rings. The molecule has 32 heavy (non-hydrogen) atoms. The lowest BCUT2D eigenvalue weighted by molar-refractivity contribution is -0.128. The lowest BCUT2D eigenvalue weighted by Crippen LogP contribution is -2.27. The lowest BCUT2D eigenvalue weighted by Gasteiger charge is -2.20. The fourth-order valence-electron chi connectivity index (χ4n) is 2.78. The van der Waals surface area contributed by atoms with E-state index in [0.717, 1.165) is 5.56 Å². The zero-order valence-corrected chi connectivity index (χ0v) is 19.1. The first-order valence-corrected chi connectivity index (χ1v) is 9.91. The van der Waals surface area contributed by atoms with Crippen LogP contribution in [0, 0.1) is 0 Å². The Bertz CT molecular complexity index is 1010. The van der Waals surface area contributed by atoms with E-state index in [-0.39, 0.29) is 23.6 Å². The summed E-state index contributed by atoms with van der Waals surface area (Å²) in [7, 11) is 4.89. The topological polar surface area (TPSA) is 117 Å². The minimum Gasteiger partial charge on any atom is -0.496 e. The summed E-state index contributed by atoms with van der Waals surface area (Å²) >= 11 is 0. The van der Waals surface area contributed by atoms with Gasteiger partial charge in [-0.2, -0.15) is 0 Å². The van der Waals surface area contributed by atoms with Crippen LogP contribution in [0.5, 0.6) is 5.75 Å². The molecule has 2 rings (SSSR count). The van der Waals surface area contributed by atoms with E-state index in [1.807, 2.05) is 0 Å². The quantitative estimate of drug-likeness (QED) is 0.589. The summed E-state index contributed by atoms with van der Waals surface area (Å²) in [6, 6.07) is 9.80. The molecule has 0 unspecified atom stereocenters. The Morgan fingerprint density at radius 2 is 1.66 bits per heavy atom. The molecule has 2 aromatic carbocycles. The van der Waals surface area contributed by atoms with Gasteiger partial charge in [-0.05, 0) is 45.0 Å². The Morgan fingerprint density at radius 3 is 2.22 bits per heavy atom. The summed E-state index contributed by atoms with van der Waals surface area (Å²) in [5, 5.41) is 15.2. The van der Waals surface area contributed by atoms with Gasteiger partial charge in [0.1, 0.15) is 11.4 Å². The summed E-state index contributed by atoms with van der Waals surface area (Å²) in [5.74, 6) is -0.718. The number of hydrogen-bond acceptors (Lipinski definition) is 6. The van der Waals surface area contributed by atoms with E-state index >= 15 is 0 Å². The van der Waals surface area contributed by atoms with Crippen LogP contribution in [-0.4, -0.2) is 54.8 Å². The maximum Gasteiger partial charge on any atom is 0.412 e. The van der Waals surface area contributed by atoms with Crippen LogP contribution in [-0.2, 0) is 16.0 Å². The summed E-state index contributed by atoms with van der Waals surface area (Å²) in [4.78, 5) is 37.2. The number of carbonyl (C=O) groups excluding carboxylic acids is 2. The van der Waals surface area contributed by atoms with Gasteiger partial charge in [0.15, 0.2) is 0 Å². The van der Waals surface area contributed by atoms with Crippen LogP contribution in [0.2, 0.25) is 0 Å². The molecular formula is C23H29N3O6. The molecular weight excluding hydrogens is 414 g/mol. The summed E-state index contributed by atoms with van der Waals surface area (Å²) in [6.45, 7) is 5.15. The fourth-order valence-corrected chi connectivity index (χ4v) is 2.78. The van der Waals surface area contributed by atoms with Crippen molar-refractivity contribution in [3.8, 4) is 5.75 Å². The van der Waals surface area contributed by atoms with E-state index in [4.69, 9.17) is 9.47 Å². The zero-order valence-electron chi connectivity index (χ0n) is 19.1. The molecule has 0 aliphatic carbocycles. The Kier molecular flexibility index (Phi) is 7.69. The van der Waals surface area contributed by atoms with Gasteiger partial charge < -0.3 is 24.8 Å². The molecule has 9 nitrogen and oxygen atoms in total. The van der Waals surface area contributed by atoms with E-state index in [9.17, 15) is 19.5 Å². The molecule has 2 amide bonds. The number of carboxylic acid groups (broad SMARTS) is 1. The number of methoxy groups -OCH3 is 1. The molecule has 0 fully saturated rings. The van der Waals surface area contributed by atoms with Crippen molar-refractivity contribution >= 4 is 35.0 Å². The number of nitrogens with zero attached hydrogens (tertiary/aromatic N) is 1. The van der Waals surface area contributed by atoms with Gasteiger partial charge in [-0.25, -0.2) is 9.59 Å². The molecule has 0 saturated carbocycles. The Morgan fingerprint density at radius 1 is 1.03 bits per heavy atom. The van der Waals surface area contributed by atoms with Crippen molar-refractivity contribution in [3.63, 3.8) is 0 Å².